The Hall–Kier alpha value is -2.27. The number of methoxy groups -OCH3 is 2. The van der Waals surface area contributed by atoms with Gasteiger partial charge < -0.3 is 14.2 Å². The summed E-state index contributed by atoms with van der Waals surface area (Å²) in [5.41, 5.74) is 0.870. The first kappa shape index (κ1) is 19.1. The summed E-state index contributed by atoms with van der Waals surface area (Å²) in [4.78, 5) is 8.47. The third-order valence-corrected chi connectivity index (χ3v) is 3.75. The van der Waals surface area contributed by atoms with Crippen LogP contribution < -0.4 is 14.2 Å². The maximum atomic E-state index is 6.01. The topological polar surface area (TPSA) is 53.5 Å². The molecule has 25 heavy (non-hydrogen) atoms. The Morgan fingerprint density at radius 2 is 1.56 bits per heavy atom. The van der Waals surface area contributed by atoms with Crippen LogP contribution in [0.2, 0.25) is 5.02 Å². The molecule has 0 bridgehead atoms. The van der Waals surface area contributed by atoms with Crippen molar-refractivity contribution in [1.29, 1.82) is 0 Å². The predicted octanol–water partition coefficient (Wildman–Crippen LogP) is 4.65. The van der Waals surface area contributed by atoms with Crippen LogP contribution in [0.1, 0.15) is 26.3 Å². The smallest absolute Gasteiger partial charge is 0.323 e. The zero-order valence-electron chi connectivity index (χ0n) is 15.1. The van der Waals surface area contributed by atoms with Crippen LogP contribution in [0, 0.1) is 5.41 Å². The molecule has 1 aromatic carbocycles. The van der Waals surface area contributed by atoms with Crippen LogP contribution in [0.3, 0.4) is 0 Å². The van der Waals surface area contributed by atoms with Gasteiger partial charge in [-0.3, -0.25) is 0 Å². The number of halogens is 1. The second-order valence-corrected chi connectivity index (χ2v) is 6.99. The Labute approximate surface area is 153 Å². The van der Waals surface area contributed by atoms with Crippen LogP contribution in [0.4, 0.5) is 0 Å². The molecule has 0 N–H and O–H groups in total. The summed E-state index contributed by atoms with van der Waals surface area (Å²) in [6.07, 6.45) is 3.72. The monoisotopic (exact) mass is 362 g/mol. The summed E-state index contributed by atoms with van der Waals surface area (Å²) in [7, 11) is 3.07. The van der Waals surface area contributed by atoms with Crippen molar-refractivity contribution in [3.8, 4) is 17.8 Å². The Balaban J connectivity index is 2.25. The molecule has 5 nitrogen and oxygen atoms in total. The summed E-state index contributed by atoms with van der Waals surface area (Å²) in [5.74, 6) is 0.771. The molecular weight excluding hydrogens is 340 g/mol. The summed E-state index contributed by atoms with van der Waals surface area (Å²) >= 11 is 5.92. The van der Waals surface area contributed by atoms with Crippen molar-refractivity contribution in [2.45, 2.75) is 26.9 Å². The van der Waals surface area contributed by atoms with Gasteiger partial charge in [0.2, 0.25) is 11.8 Å². The maximum Gasteiger partial charge on any atom is 0.323 e. The lowest BCUT2D eigenvalue weighted by atomic mass is 9.88. The molecule has 0 fully saturated rings. The minimum absolute atomic E-state index is 0.164. The zero-order valence-corrected chi connectivity index (χ0v) is 15.9. The van der Waals surface area contributed by atoms with Gasteiger partial charge >= 0.3 is 6.01 Å². The van der Waals surface area contributed by atoms with E-state index in [1.165, 1.54) is 14.2 Å². The van der Waals surface area contributed by atoms with E-state index < -0.39 is 0 Å². The minimum atomic E-state index is -0.250. The van der Waals surface area contributed by atoms with E-state index in [4.69, 9.17) is 25.8 Å². The highest BCUT2D eigenvalue weighted by Gasteiger charge is 2.25. The molecule has 0 aliphatic carbocycles. The quantitative estimate of drug-likeness (QED) is 0.748. The van der Waals surface area contributed by atoms with Crippen molar-refractivity contribution in [3.05, 3.63) is 47.0 Å². The van der Waals surface area contributed by atoms with E-state index >= 15 is 0 Å². The Morgan fingerprint density at radius 1 is 1.00 bits per heavy atom. The molecule has 0 aliphatic heterocycles. The fourth-order valence-corrected chi connectivity index (χ4v) is 2.16. The third kappa shape index (κ3) is 5.64. The molecule has 0 saturated carbocycles. The van der Waals surface area contributed by atoms with Gasteiger partial charge in [0.15, 0.2) is 0 Å². The van der Waals surface area contributed by atoms with Crippen molar-refractivity contribution >= 4 is 17.7 Å². The van der Waals surface area contributed by atoms with Crippen molar-refractivity contribution in [2.75, 3.05) is 14.2 Å². The van der Waals surface area contributed by atoms with Crippen LogP contribution in [0.15, 0.2) is 36.4 Å². The first-order valence-electron chi connectivity index (χ1n) is 7.89. The van der Waals surface area contributed by atoms with Crippen LogP contribution in [0.5, 0.6) is 17.8 Å². The van der Waals surface area contributed by atoms with Crippen molar-refractivity contribution in [3.63, 3.8) is 0 Å². The van der Waals surface area contributed by atoms with Gasteiger partial charge in [0, 0.05) is 10.4 Å². The summed E-state index contributed by atoms with van der Waals surface area (Å²) in [6, 6.07) is 9.40. The SMILES string of the molecule is COc1cc(OC)nc(OC(C=Cc2ccc(Cl)cc2)C(C)(C)C)n1. The molecule has 1 heterocycles. The van der Waals surface area contributed by atoms with Gasteiger partial charge in [-0.05, 0) is 23.8 Å². The number of nitrogens with zero attached hydrogens (tertiary/aromatic N) is 2. The van der Waals surface area contributed by atoms with Gasteiger partial charge in [-0.1, -0.05) is 50.6 Å². The molecule has 6 heteroatoms. The minimum Gasteiger partial charge on any atom is -0.481 e. The van der Waals surface area contributed by atoms with E-state index in [0.717, 1.165) is 5.56 Å². The van der Waals surface area contributed by atoms with Crippen LogP contribution in [-0.4, -0.2) is 30.3 Å². The first-order valence-corrected chi connectivity index (χ1v) is 8.27. The molecule has 0 saturated heterocycles. The Bertz CT molecular complexity index is 702. The number of hydrogen-bond acceptors (Lipinski definition) is 5. The second kappa shape index (κ2) is 8.21. The molecule has 0 amide bonds. The van der Waals surface area contributed by atoms with E-state index in [-0.39, 0.29) is 17.5 Å². The summed E-state index contributed by atoms with van der Waals surface area (Å²) < 4.78 is 16.3. The average molecular weight is 363 g/mol. The predicted molar refractivity (Wildman–Crippen MR) is 99.5 cm³/mol. The standard InChI is InChI=1S/C19H23ClN2O3/c1-19(2,3)15(11-8-13-6-9-14(20)10-7-13)25-18-21-16(23-4)12-17(22-18)24-5/h6-12,15H,1-5H3. The molecule has 2 aromatic rings. The largest absolute Gasteiger partial charge is 0.481 e. The Kier molecular flexibility index (Phi) is 6.26. The molecule has 0 aliphatic rings. The first-order chi connectivity index (χ1) is 11.8. The molecule has 1 aromatic heterocycles. The lowest BCUT2D eigenvalue weighted by Crippen LogP contribution is -2.30. The van der Waals surface area contributed by atoms with Gasteiger partial charge in [-0.15, -0.1) is 0 Å². The van der Waals surface area contributed by atoms with Gasteiger partial charge in [-0.2, -0.15) is 9.97 Å². The summed E-state index contributed by atoms with van der Waals surface area (Å²) in [5, 5.41) is 0.706. The fraction of sp³-hybridized carbons (Fsp3) is 0.368. The van der Waals surface area contributed by atoms with Crippen molar-refractivity contribution in [2.24, 2.45) is 5.41 Å². The second-order valence-electron chi connectivity index (χ2n) is 6.55. The van der Waals surface area contributed by atoms with Crippen molar-refractivity contribution < 1.29 is 14.2 Å². The van der Waals surface area contributed by atoms with E-state index in [2.05, 4.69) is 30.7 Å². The maximum absolute atomic E-state index is 6.01. The van der Waals surface area contributed by atoms with E-state index in [1.807, 2.05) is 36.4 Å². The molecule has 1 unspecified atom stereocenters. The van der Waals surface area contributed by atoms with E-state index in [1.54, 1.807) is 6.07 Å². The normalized spacial score (nSPS) is 12.9. The average Bonchev–Trinajstić information content (AvgIpc) is 2.58. The highest BCUT2D eigenvalue weighted by Crippen LogP contribution is 2.27. The van der Waals surface area contributed by atoms with Crippen molar-refractivity contribution in [1.82, 2.24) is 9.97 Å². The number of rotatable bonds is 6. The molecule has 0 radical (unpaired) electrons. The van der Waals surface area contributed by atoms with Gasteiger partial charge in [0.05, 0.1) is 20.3 Å². The number of aromatic nitrogens is 2. The van der Waals surface area contributed by atoms with E-state index in [9.17, 15) is 0 Å². The highest BCUT2D eigenvalue weighted by molar-refractivity contribution is 6.30. The third-order valence-electron chi connectivity index (χ3n) is 3.50. The number of benzene rings is 1. The van der Waals surface area contributed by atoms with Crippen LogP contribution >= 0.6 is 11.6 Å². The van der Waals surface area contributed by atoms with E-state index in [0.29, 0.717) is 16.8 Å². The lowest BCUT2D eigenvalue weighted by molar-refractivity contribution is 0.116. The number of hydrogen-bond donors (Lipinski definition) is 0. The van der Waals surface area contributed by atoms with Gasteiger partial charge in [0.1, 0.15) is 6.10 Å². The highest BCUT2D eigenvalue weighted by atomic mass is 35.5. The van der Waals surface area contributed by atoms with Crippen LogP contribution in [0.25, 0.3) is 6.08 Å². The zero-order chi connectivity index (χ0) is 18.4. The van der Waals surface area contributed by atoms with Gasteiger partial charge in [0.25, 0.3) is 0 Å². The van der Waals surface area contributed by atoms with Crippen LogP contribution in [-0.2, 0) is 0 Å². The fourth-order valence-electron chi connectivity index (χ4n) is 2.04. The summed E-state index contributed by atoms with van der Waals surface area (Å²) in [6.45, 7) is 6.25. The molecule has 1 atom stereocenters. The molecular formula is C19H23ClN2O3. The molecule has 2 rings (SSSR count). The van der Waals surface area contributed by atoms with Gasteiger partial charge in [-0.25, -0.2) is 0 Å². The molecule has 0 spiro atoms. The molecule has 134 valence electrons. The number of ether oxygens (including phenoxy) is 3. The lowest BCUT2D eigenvalue weighted by Gasteiger charge is -2.28. The Morgan fingerprint density at radius 3 is 2.04 bits per heavy atom.